The molecule has 0 saturated carbocycles. The highest BCUT2D eigenvalue weighted by molar-refractivity contribution is 6.40. The van der Waals surface area contributed by atoms with Crippen LogP contribution in [0, 0.1) is 11.6 Å². The third kappa shape index (κ3) is 7.27. The van der Waals surface area contributed by atoms with Gasteiger partial charge in [-0.2, -0.15) is 5.10 Å². The number of rotatable bonds is 10. The van der Waals surface area contributed by atoms with Gasteiger partial charge in [-0.1, -0.05) is 0 Å². The number of methoxy groups -OCH3 is 2. The Morgan fingerprint density at radius 2 is 1.85 bits per heavy atom. The fourth-order valence-electron chi connectivity index (χ4n) is 3.25. The maximum absolute atomic E-state index is 14.1. The van der Waals surface area contributed by atoms with Gasteiger partial charge in [0.05, 0.1) is 20.3 Å². The molecule has 0 aromatic heterocycles. The zero-order chi connectivity index (χ0) is 25.1. The van der Waals surface area contributed by atoms with Crippen LogP contribution >= 0.6 is 0 Å². The second-order valence-electron chi connectivity index (χ2n) is 7.25. The number of ether oxygens (including phenoxy) is 3. The lowest BCUT2D eigenvalue weighted by Gasteiger charge is -2.31. The number of carbonyl (C=O) groups is 3. The van der Waals surface area contributed by atoms with Crippen LogP contribution in [-0.2, 0) is 14.3 Å². The van der Waals surface area contributed by atoms with Crippen LogP contribution in [0.5, 0.6) is 5.75 Å². The first-order valence-corrected chi connectivity index (χ1v) is 10.6. The van der Waals surface area contributed by atoms with Gasteiger partial charge in [0.1, 0.15) is 23.6 Å². The topological polar surface area (TPSA) is 131 Å². The van der Waals surface area contributed by atoms with E-state index in [1.165, 1.54) is 21.3 Å². The van der Waals surface area contributed by atoms with Crippen LogP contribution in [0.2, 0.25) is 0 Å². The van der Waals surface area contributed by atoms with Crippen LogP contribution in [-0.4, -0.2) is 88.7 Å². The quantitative estimate of drug-likeness (QED) is 0.252. The van der Waals surface area contributed by atoms with E-state index in [4.69, 9.17) is 14.2 Å². The fourth-order valence-corrected chi connectivity index (χ4v) is 3.25. The van der Waals surface area contributed by atoms with E-state index in [0.29, 0.717) is 32.5 Å². The number of hydrazone groups is 1. The summed E-state index contributed by atoms with van der Waals surface area (Å²) in [5, 5.41) is 9.02. The molecule has 1 aromatic rings. The average Bonchev–Trinajstić information content (AvgIpc) is 2.83. The summed E-state index contributed by atoms with van der Waals surface area (Å²) in [7, 11) is 4.20. The van der Waals surface area contributed by atoms with Crippen LogP contribution in [0.25, 0.3) is 0 Å². The van der Waals surface area contributed by atoms with Crippen molar-refractivity contribution in [3.8, 4) is 5.75 Å². The van der Waals surface area contributed by atoms with Crippen molar-refractivity contribution in [2.45, 2.75) is 18.9 Å². The molecule has 1 aliphatic heterocycles. The van der Waals surface area contributed by atoms with E-state index >= 15 is 0 Å². The van der Waals surface area contributed by atoms with Crippen molar-refractivity contribution in [3.63, 3.8) is 0 Å². The number of hydrogen-bond acceptors (Lipinski definition) is 8. The number of amides is 3. The Balaban J connectivity index is 1.91. The molecular formula is C21H29F2N5O6. The molecule has 0 aliphatic carbocycles. The second-order valence-corrected chi connectivity index (χ2v) is 7.25. The van der Waals surface area contributed by atoms with Gasteiger partial charge in [-0.15, -0.1) is 0 Å². The lowest BCUT2D eigenvalue weighted by Crippen LogP contribution is -2.49. The van der Waals surface area contributed by atoms with Crippen molar-refractivity contribution < 1.29 is 37.4 Å². The number of carbonyl (C=O) groups excluding carboxylic acids is 3. The van der Waals surface area contributed by atoms with E-state index < -0.39 is 35.1 Å². The standard InChI is InChI=1S/C21H29F2N5O6/c1-24-27-15(12-25-20(30)17-16(33-3)5-4-14(22)18(17)23)19(29)26-13-6-8-28(9-7-13)21(31)34-11-10-32-2/h4-5,13,24H,6-12H2,1-3H3,(H,25,30)(H,26,29)/b27-15+. The van der Waals surface area contributed by atoms with Gasteiger partial charge in [-0.3, -0.25) is 9.59 Å². The maximum Gasteiger partial charge on any atom is 0.409 e. The zero-order valence-corrected chi connectivity index (χ0v) is 19.3. The van der Waals surface area contributed by atoms with E-state index in [1.807, 2.05) is 0 Å². The van der Waals surface area contributed by atoms with Crippen LogP contribution in [0.15, 0.2) is 17.2 Å². The first-order chi connectivity index (χ1) is 16.3. The van der Waals surface area contributed by atoms with Crippen molar-refractivity contribution in [1.29, 1.82) is 0 Å². The molecule has 1 aliphatic rings. The fraction of sp³-hybridized carbons (Fsp3) is 0.524. The highest BCUT2D eigenvalue weighted by Gasteiger charge is 2.27. The van der Waals surface area contributed by atoms with Gasteiger partial charge >= 0.3 is 6.09 Å². The first-order valence-electron chi connectivity index (χ1n) is 10.6. The minimum absolute atomic E-state index is 0.0759. The number of likely N-dealkylation sites (tertiary alicyclic amines) is 1. The Morgan fingerprint density at radius 1 is 1.15 bits per heavy atom. The minimum Gasteiger partial charge on any atom is -0.496 e. The number of nitrogens with zero attached hydrogens (tertiary/aromatic N) is 2. The molecule has 1 heterocycles. The molecule has 1 aromatic carbocycles. The van der Waals surface area contributed by atoms with E-state index in [0.717, 1.165) is 12.1 Å². The Hall–Kier alpha value is -3.48. The van der Waals surface area contributed by atoms with Gasteiger partial charge < -0.3 is 35.2 Å². The largest absolute Gasteiger partial charge is 0.496 e. The van der Waals surface area contributed by atoms with E-state index in [2.05, 4.69) is 21.2 Å². The van der Waals surface area contributed by atoms with E-state index in [1.54, 1.807) is 4.90 Å². The van der Waals surface area contributed by atoms with Gasteiger partial charge in [-0.25, -0.2) is 13.6 Å². The zero-order valence-electron chi connectivity index (χ0n) is 19.3. The van der Waals surface area contributed by atoms with Crippen molar-refractivity contribution in [3.05, 3.63) is 29.3 Å². The van der Waals surface area contributed by atoms with E-state index in [9.17, 15) is 23.2 Å². The molecule has 1 saturated heterocycles. The van der Waals surface area contributed by atoms with Crippen molar-refractivity contribution >= 4 is 23.6 Å². The molecular weight excluding hydrogens is 456 g/mol. The number of halogens is 2. The van der Waals surface area contributed by atoms with Gasteiger partial charge in [0, 0.05) is 33.3 Å². The van der Waals surface area contributed by atoms with Crippen LogP contribution in [0.4, 0.5) is 13.6 Å². The normalized spacial score (nSPS) is 14.4. The lowest BCUT2D eigenvalue weighted by molar-refractivity contribution is -0.115. The first kappa shape index (κ1) is 26.8. The Labute approximate surface area is 195 Å². The molecule has 188 valence electrons. The Bertz CT molecular complexity index is 906. The average molecular weight is 485 g/mol. The third-order valence-electron chi connectivity index (χ3n) is 5.03. The molecule has 3 N–H and O–H groups in total. The van der Waals surface area contributed by atoms with Gasteiger partial charge in [0.25, 0.3) is 11.8 Å². The summed E-state index contributed by atoms with van der Waals surface area (Å²) in [6, 6.07) is 1.74. The minimum atomic E-state index is -1.36. The molecule has 1 fully saturated rings. The molecule has 0 radical (unpaired) electrons. The van der Waals surface area contributed by atoms with Crippen molar-refractivity contribution in [1.82, 2.24) is 21.0 Å². The smallest absolute Gasteiger partial charge is 0.409 e. The summed E-state index contributed by atoms with van der Waals surface area (Å²) in [5.41, 5.74) is 1.79. The monoisotopic (exact) mass is 485 g/mol. The number of nitrogens with one attached hydrogen (secondary N) is 3. The number of piperidine rings is 1. The molecule has 0 spiro atoms. The van der Waals surface area contributed by atoms with Crippen molar-refractivity contribution in [2.75, 3.05) is 54.1 Å². The summed E-state index contributed by atoms with van der Waals surface area (Å²) in [5.74, 6) is -4.24. The summed E-state index contributed by atoms with van der Waals surface area (Å²) < 4.78 is 42.5. The number of hydrogen-bond donors (Lipinski definition) is 3. The van der Waals surface area contributed by atoms with Crippen molar-refractivity contribution in [2.24, 2.45) is 5.10 Å². The third-order valence-corrected chi connectivity index (χ3v) is 5.03. The highest BCUT2D eigenvalue weighted by Crippen LogP contribution is 2.23. The molecule has 2 rings (SSSR count). The Kier molecular flexibility index (Phi) is 10.5. The van der Waals surface area contributed by atoms with E-state index in [-0.39, 0.29) is 30.7 Å². The lowest BCUT2D eigenvalue weighted by atomic mass is 10.1. The highest BCUT2D eigenvalue weighted by atomic mass is 19.2. The SMILES string of the molecule is CN/N=C(\CNC(=O)c1c(OC)ccc(F)c1F)C(=O)NC1CCN(C(=O)OCCOC)CC1. The summed E-state index contributed by atoms with van der Waals surface area (Å²) in [6.45, 7) is 0.901. The van der Waals surface area contributed by atoms with Crippen LogP contribution < -0.4 is 20.8 Å². The molecule has 0 atom stereocenters. The summed E-state index contributed by atoms with van der Waals surface area (Å²) in [4.78, 5) is 38.7. The summed E-state index contributed by atoms with van der Waals surface area (Å²) >= 11 is 0. The molecule has 11 nitrogen and oxygen atoms in total. The predicted octanol–water partition coefficient (Wildman–Crippen LogP) is 0.642. The molecule has 34 heavy (non-hydrogen) atoms. The predicted molar refractivity (Wildman–Crippen MR) is 118 cm³/mol. The van der Waals surface area contributed by atoms with Crippen LogP contribution in [0.1, 0.15) is 23.2 Å². The van der Waals surface area contributed by atoms with Gasteiger partial charge in [0.2, 0.25) is 0 Å². The maximum atomic E-state index is 14.1. The second kappa shape index (κ2) is 13.3. The molecule has 3 amide bonds. The molecule has 13 heteroatoms. The number of benzene rings is 1. The van der Waals surface area contributed by atoms with Crippen LogP contribution in [0.3, 0.4) is 0 Å². The van der Waals surface area contributed by atoms with Gasteiger partial charge in [-0.05, 0) is 25.0 Å². The molecule has 0 unspecified atom stereocenters. The molecule has 0 bridgehead atoms. The Morgan fingerprint density at radius 3 is 2.47 bits per heavy atom. The summed E-state index contributed by atoms with van der Waals surface area (Å²) in [6.07, 6.45) is 0.549. The van der Waals surface area contributed by atoms with Gasteiger partial charge in [0.15, 0.2) is 11.6 Å².